The molecule has 0 bridgehead atoms. The molecule has 0 heterocycles. The maximum Gasteiger partial charge on any atom is 0.133 e. The van der Waals surface area contributed by atoms with Gasteiger partial charge in [0.15, 0.2) is 0 Å². The van der Waals surface area contributed by atoms with E-state index >= 15 is 0 Å². The number of rotatable bonds is 1. The minimum atomic E-state index is -0.545. The Bertz CT molecular complexity index is 130. The van der Waals surface area contributed by atoms with Crippen molar-refractivity contribution in [2.45, 2.75) is 32.3 Å². The zero-order valence-electron chi connectivity index (χ0n) is 5.85. The molecule has 1 N–H and O–H groups in total. The lowest BCUT2D eigenvalue weighted by Gasteiger charge is -2.39. The summed E-state index contributed by atoms with van der Waals surface area (Å²) in [4.78, 5) is 10.6. The monoisotopic (exact) mass is 128 g/mol. The van der Waals surface area contributed by atoms with Crippen LogP contribution < -0.4 is 0 Å². The summed E-state index contributed by atoms with van der Waals surface area (Å²) in [5, 5.41) is 9.18. The van der Waals surface area contributed by atoms with Crippen LogP contribution in [0.4, 0.5) is 0 Å². The Labute approximate surface area is 54.9 Å². The number of hydrogen-bond acceptors (Lipinski definition) is 2. The van der Waals surface area contributed by atoms with Crippen LogP contribution in [-0.2, 0) is 4.79 Å². The molecule has 0 aromatic heterocycles. The highest BCUT2D eigenvalue weighted by Gasteiger charge is 2.40. The van der Waals surface area contributed by atoms with Gasteiger partial charge >= 0.3 is 0 Å². The zero-order valence-corrected chi connectivity index (χ0v) is 5.85. The van der Waals surface area contributed by atoms with Gasteiger partial charge in [-0.2, -0.15) is 0 Å². The van der Waals surface area contributed by atoms with Gasteiger partial charge in [-0.25, -0.2) is 0 Å². The fraction of sp³-hybridized carbons (Fsp3) is 0.857. The lowest BCUT2D eigenvalue weighted by molar-refractivity contribution is -0.134. The molecule has 0 amide bonds. The van der Waals surface area contributed by atoms with Gasteiger partial charge in [-0.1, -0.05) is 0 Å². The number of carbonyl (C=O) groups excluding carboxylic acids is 1. The van der Waals surface area contributed by atoms with Crippen molar-refractivity contribution in [1.82, 2.24) is 0 Å². The van der Waals surface area contributed by atoms with Crippen molar-refractivity contribution in [3.63, 3.8) is 0 Å². The predicted molar refractivity (Wildman–Crippen MR) is 34.0 cm³/mol. The SMILES string of the molecule is CC(=O)[C@H]1C[C@](C)(O)C1. The molecule has 0 aromatic rings. The largest absolute Gasteiger partial charge is 0.390 e. The van der Waals surface area contributed by atoms with E-state index in [-0.39, 0.29) is 11.7 Å². The molecule has 0 spiro atoms. The highest BCUT2D eigenvalue weighted by atomic mass is 16.3. The molecular weight excluding hydrogens is 116 g/mol. The maximum absolute atomic E-state index is 10.6. The van der Waals surface area contributed by atoms with Gasteiger partial charge in [0, 0.05) is 5.92 Å². The molecule has 1 rings (SSSR count). The molecule has 2 heteroatoms. The molecule has 0 unspecified atom stereocenters. The van der Waals surface area contributed by atoms with Gasteiger partial charge in [0.25, 0.3) is 0 Å². The normalized spacial score (nSPS) is 41.9. The van der Waals surface area contributed by atoms with Crippen LogP contribution in [0.2, 0.25) is 0 Å². The standard InChI is InChI=1S/C7H12O2/c1-5(8)6-3-7(2,9)4-6/h6,9H,3-4H2,1-2H3/t6-,7-. The van der Waals surface area contributed by atoms with Crippen molar-refractivity contribution in [3.8, 4) is 0 Å². The summed E-state index contributed by atoms with van der Waals surface area (Å²) in [6.45, 7) is 3.35. The second kappa shape index (κ2) is 1.81. The van der Waals surface area contributed by atoms with Crippen molar-refractivity contribution < 1.29 is 9.90 Å². The molecule has 0 atom stereocenters. The first-order valence-electron chi connectivity index (χ1n) is 3.24. The minimum Gasteiger partial charge on any atom is -0.390 e. The predicted octanol–water partition coefficient (Wildman–Crippen LogP) is 0.736. The van der Waals surface area contributed by atoms with Gasteiger partial charge in [-0.15, -0.1) is 0 Å². The number of hydrogen-bond donors (Lipinski definition) is 1. The van der Waals surface area contributed by atoms with Crippen LogP contribution in [0.5, 0.6) is 0 Å². The smallest absolute Gasteiger partial charge is 0.133 e. The van der Waals surface area contributed by atoms with Crippen LogP contribution >= 0.6 is 0 Å². The van der Waals surface area contributed by atoms with Gasteiger partial charge in [0.1, 0.15) is 5.78 Å². The fourth-order valence-electron chi connectivity index (χ4n) is 1.29. The summed E-state index contributed by atoms with van der Waals surface area (Å²) < 4.78 is 0. The molecule has 1 fully saturated rings. The average Bonchev–Trinajstić information content (AvgIpc) is 1.59. The van der Waals surface area contributed by atoms with E-state index < -0.39 is 5.60 Å². The van der Waals surface area contributed by atoms with Gasteiger partial charge in [-0.3, -0.25) is 4.79 Å². The summed E-state index contributed by atoms with van der Waals surface area (Å²) in [5.74, 6) is 0.349. The van der Waals surface area contributed by atoms with Crippen LogP contribution in [0.1, 0.15) is 26.7 Å². The van der Waals surface area contributed by atoms with Crippen LogP contribution in [0.15, 0.2) is 0 Å². The zero-order chi connectivity index (χ0) is 7.07. The Kier molecular flexibility index (Phi) is 1.35. The summed E-state index contributed by atoms with van der Waals surface area (Å²) >= 11 is 0. The van der Waals surface area contributed by atoms with Gasteiger partial charge in [-0.05, 0) is 26.7 Å². The summed E-state index contributed by atoms with van der Waals surface area (Å²) in [7, 11) is 0. The lowest BCUT2D eigenvalue weighted by atomic mass is 9.70. The van der Waals surface area contributed by atoms with Crippen LogP contribution in [0, 0.1) is 5.92 Å². The molecular formula is C7H12O2. The van der Waals surface area contributed by atoms with E-state index in [4.69, 9.17) is 0 Å². The Balaban J connectivity index is 2.35. The Morgan fingerprint density at radius 3 is 2.22 bits per heavy atom. The Hall–Kier alpha value is -0.370. The molecule has 0 aromatic carbocycles. The first-order chi connectivity index (χ1) is 4.01. The molecule has 2 nitrogen and oxygen atoms in total. The van der Waals surface area contributed by atoms with E-state index in [0.717, 1.165) is 0 Å². The van der Waals surface area contributed by atoms with Crippen molar-refractivity contribution in [2.24, 2.45) is 5.92 Å². The molecule has 9 heavy (non-hydrogen) atoms. The topological polar surface area (TPSA) is 37.3 Å². The van der Waals surface area contributed by atoms with Crippen molar-refractivity contribution in [2.75, 3.05) is 0 Å². The van der Waals surface area contributed by atoms with E-state index in [0.29, 0.717) is 12.8 Å². The van der Waals surface area contributed by atoms with Crippen LogP contribution in [0.25, 0.3) is 0 Å². The van der Waals surface area contributed by atoms with Crippen molar-refractivity contribution >= 4 is 5.78 Å². The number of Topliss-reactive ketones (excluding diaryl/α,β-unsaturated/α-hetero) is 1. The summed E-state index contributed by atoms with van der Waals surface area (Å²) in [6.07, 6.45) is 1.31. The highest BCUT2D eigenvalue weighted by Crippen LogP contribution is 2.37. The van der Waals surface area contributed by atoms with E-state index in [1.807, 2.05) is 0 Å². The molecule has 0 radical (unpaired) electrons. The average molecular weight is 128 g/mol. The maximum atomic E-state index is 10.6. The number of ketones is 1. The van der Waals surface area contributed by atoms with Gasteiger partial charge in [0.2, 0.25) is 0 Å². The molecule has 0 saturated heterocycles. The van der Waals surface area contributed by atoms with E-state index in [1.165, 1.54) is 0 Å². The fourth-order valence-corrected chi connectivity index (χ4v) is 1.29. The van der Waals surface area contributed by atoms with Crippen LogP contribution in [0.3, 0.4) is 0 Å². The molecule has 0 aliphatic heterocycles. The Morgan fingerprint density at radius 2 is 2.11 bits per heavy atom. The van der Waals surface area contributed by atoms with Crippen LogP contribution in [-0.4, -0.2) is 16.5 Å². The van der Waals surface area contributed by atoms with Gasteiger partial charge < -0.3 is 5.11 Å². The van der Waals surface area contributed by atoms with E-state index in [2.05, 4.69) is 0 Å². The Morgan fingerprint density at radius 1 is 1.67 bits per heavy atom. The van der Waals surface area contributed by atoms with Crippen molar-refractivity contribution in [1.29, 1.82) is 0 Å². The minimum absolute atomic E-state index is 0.139. The third kappa shape index (κ3) is 1.30. The summed E-state index contributed by atoms with van der Waals surface area (Å²) in [5.41, 5.74) is -0.545. The van der Waals surface area contributed by atoms with E-state index in [1.54, 1.807) is 13.8 Å². The molecule has 1 aliphatic rings. The quantitative estimate of drug-likeness (QED) is 0.565. The van der Waals surface area contributed by atoms with E-state index in [9.17, 15) is 9.90 Å². The first kappa shape index (κ1) is 6.75. The highest BCUT2D eigenvalue weighted by molar-refractivity contribution is 5.79. The third-order valence-corrected chi connectivity index (χ3v) is 1.95. The molecule has 1 saturated carbocycles. The number of aliphatic hydroxyl groups is 1. The third-order valence-electron chi connectivity index (χ3n) is 1.95. The summed E-state index contributed by atoms with van der Waals surface area (Å²) in [6, 6.07) is 0. The molecule has 52 valence electrons. The first-order valence-corrected chi connectivity index (χ1v) is 3.24. The van der Waals surface area contributed by atoms with Crippen molar-refractivity contribution in [3.05, 3.63) is 0 Å². The second-order valence-electron chi connectivity index (χ2n) is 3.21. The second-order valence-corrected chi connectivity index (χ2v) is 3.21. The lowest BCUT2D eigenvalue weighted by Crippen LogP contribution is -2.43. The number of carbonyl (C=O) groups is 1. The van der Waals surface area contributed by atoms with Gasteiger partial charge in [0.05, 0.1) is 5.60 Å². The molecule has 1 aliphatic carbocycles.